The van der Waals surface area contributed by atoms with Crippen molar-refractivity contribution in [3.8, 4) is 11.8 Å². The number of ether oxygens (including phenoxy) is 1. The largest absolute Gasteiger partial charge is 0.497 e. The van der Waals surface area contributed by atoms with E-state index in [1.165, 1.54) is 0 Å². The van der Waals surface area contributed by atoms with Gasteiger partial charge in [0.1, 0.15) is 5.75 Å². The van der Waals surface area contributed by atoms with Crippen molar-refractivity contribution < 1.29 is 9.53 Å². The lowest BCUT2D eigenvalue weighted by Crippen LogP contribution is -2.12. The fourth-order valence-electron chi connectivity index (χ4n) is 1.76. The van der Waals surface area contributed by atoms with Gasteiger partial charge in [-0.3, -0.25) is 4.79 Å². The van der Waals surface area contributed by atoms with Crippen LogP contribution in [0.15, 0.2) is 42.5 Å². The summed E-state index contributed by atoms with van der Waals surface area (Å²) in [4.78, 5) is 12.1. The first kappa shape index (κ1) is 13.6. The van der Waals surface area contributed by atoms with Gasteiger partial charge in [-0.05, 0) is 48.9 Å². The van der Waals surface area contributed by atoms with Gasteiger partial charge in [0.25, 0.3) is 5.91 Å². The van der Waals surface area contributed by atoms with Crippen LogP contribution in [0.3, 0.4) is 0 Å². The molecule has 1 N–H and O–H groups in total. The van der Waals surface area contributed by atoms with Crippen molar-refractivity contribution in [2.24, 2.45) is 0 Å². The second-order valence-corrected chi connectivity index (χ2v) is 4.32. The van der Waals surface area contributed by atoms with Gasteiger partial charge in [0.05, 0.1) is 18.7 Å². The third-order valence-corrected chi connectivity index (χ3v) is 2.97. The number of aryl methyl sites for hydroxylation is 1. The Bertz CT molecular complexity index is 670. The summed E-state index contributed by atoms with van der Waals surface area (Å²) in [5.41, 5.74) is 2.60. The Morgan fingerprint density at radius 3 is 2.50 bits per heavy atom. The number of nitrogens with zero attached hydrogens (tertiary/aromatic N) is 1. The molecule has 2 aromatic carbocycles. The predicted molar refractivity (Wildman–Crippen MR) is 76.8 cm³/mol. The Morgan fingerprint density at radius 2 is 1.90 bits per heavy atom. The molecule has 2 rings (SSSR count). The summed E-state index contributed by atoms with van der Waals surface area (Å²) in [5, 5.41) is 11.7. The molecule has 0 unspecified atom stereocenters. The molecule has 0 atom stereocenters. The maximum atomic E-state index is 12.1. The molecule has 0 aliphatic heterocycles. The van der Waals surface area contributed by atoms with Gasteiger partial charge < -0.3 is 10.1 Å². The maximum absolute atomic E-state index is 12.1. The zero-order valence-electron chi connectivity index (χ0n) is 11.3. The molecule has 4 heteroatoms. The van der Waals surface area contributed by atoms with Gasteiger partial charge in [0.15, 0.2) is 0 Å². The minimum Gasteiger partial charge on any atom is -0.497 e. The van der Waals surface area contributed by atoms with Crippen molar-refractivity contribution in [3.05, 3.63) is 59.2 Å². The van der Waals surface area contributed by atoms with Crippen LogP contribution in [-0.2, 0) is 0 Å². The van der Waals surface area contributed by atoms with Gasteiger partial charge in [-0.25, -0.2) is 0 Å². The molecule has 20 heavy (non-hydrogen) atoms. The lowest BCUT2D eigenvalue weighted by molar-refractivity contribution is 0.102. The molecule has 4 nitrogen and oxygen atoms in total. The number of benzene rings is 2. The number of carbonyl (C=O) groups excluding carboxylic acids is 1. The summed E-state index contributed by atoms with van der Waals surface area (Å²) in [5.74, 6) is 0.482. The van der Waals surface area contributed by atoms with E-state index in [1.54, 1.807) is 43.5 Å². The maximum Gasteiger partial charge on any atom is 0.255 e. The van der Waals surface area contributed by atoms with E-state index in [9.17, 15) is 4.79 Å². The number of methoxy groups -OCH3 is 1. The number of rotatable bonds is 3. The highest BCUT2D eigenvalue weighted by Gasteiger charge is 2.08. The number of nitriles is 1. The van der Waals surface area contributed by atoms with Gasteiger partial charge in [0.2, 0.25) is 0 Å². The summed E-state index contributed by atoms with van der Waals surface area (Å²) in [6, 6.07) is 14.1. The van der Waals surface area contributed by atoms with E-state index in [1.807, 2.05) is 13.0 Å². The third kappa shape index (κ3) is 2.96. The average Bonchev–Trinajstić information content (AvgIpc) is 2.49. The molecule has 0 saturated heterocycles. The summed E-state index contributed by atoms with van der Waals surface area (Å²) in [6.07, 6.45) is 0. The topological polar surface area (TPSA) is 62.1 Å². The quantitative estimate of drug-likeness (QED) is 0.928. The smallest absolute Gasteiger partial charge is 0.255 e. The molecule has 0 heterocycles. The molecule has 2 aromatic rings. The van der Waals surface area contributed by atoms with E-state index < -0.39 is 0 Å². The van der Waals surface area contributed by atoms with Gasteiger partial charge >= 0.3 is 0 Å². The third-order valence-electron chi connectivity index (χ3n) is 2.97. The number of hydrogen-bond donors (Lipinski definition) is 1. The minimum absolute atomic E-state index is 0.217. The number of nitrogens with one attached hydrogen (secondary N) is 1. The number of amides is 1. The van der Waals surface area contributed by atoms with Crippen LogP contribution in [0.2, 0.25) is 0 Å². The van der Waals surface area contributed by atoms with Crippen LogP contribution in [0.1, 0.15) is 21.5 Å². The van der Waals surface area contributed by atoms with E-state index in [-0.39, 0.29) is 5.91 Å². The first-order valence-electron chi connectivity index (χ1n) is 6.10. The molecule has 0 spiro atoms. The Morgan fingerprint density at radius 1 is 1.20 bits per heavy atom. The zero-order chi connectivity index (χ0) is 14.5. The van der Waals surface area contributed by atoms with Gasteiger partial charge in [-0.2, -0.15) is 5.26 Å². The lowest BCUT2D eigenvalue weighted by Gasteiger charge is -2.09. The Hall–Kier alpha value is -2.80. The van der Waals surface area contributed by atoms with Crippen molar-refractivity contribution in [1.29, 1.82) is 5.26 Å². The van der Waals surface area contributed by atoms with Gasteiger partial charge in [0, 0.05) is 11.3 Å². The van der Waals surface area contributed by atoms with E-state index in [0.29, 0.717) is 22.6 Å². The molecule has 100 valence electrons. The fraction of sp³-hybridized carbons (Fsp3) is 0.125. The predicted octanol–water partition coefficient (Wildman–Crippen LogP) is 3.13. The van der Waals surface area contributed by atoms with Crippen LogP contribution in [0.25, 0.3) is 0 Å². The van der Waals surface area contributed by atoms with E-state index in [4.69, 9.17) is 10.00 Å². The summed E-state index contributed by atoms with van der Waals surface area (Å²) < 4.78 is 5.05. The summed E-state index contributed by atoms with van der Waals surface area (Å²) >= 11 is 0. The van der Waals surface area contributed by atoms with E-state index >= 15 is 0 Å². The molecule has 1 amide bonds. The van der Waals surface area contributed by atoms with Crippen LogP contribution < -0.4 is 10.1 Å². The SMILES string of the molecule is COc1ccc(C(=O)Nc2cc(C#N)ccc2C)cc1. The highest BCUT2D eigenvalue weighted by Crippen LogP contribution is 2.18. The average molecular weight is 266 g/mol. The van der Waals surface area contributed by atoms with Crippen molar-refractivity contribution >= 4 is 11.6 Å². The summed E-state index contributed by atoms with van der Waals surface area (Å²) in [6.45, 7) is 1.88. The molecule has 0 bridgehead atoms. The Kier molecular flexibility index (Phi) is 4.02. The molecular weight excluding hydrogens is 252 g/mol. The van der Waals surface area contributed by atoms with Crippen LogP contribution in [0, 0.1) is 18.3 Å². The van der Waals surface area contributed by atoms with Crippen LogP contribution in [-0.4, -0.2) is 13.0 Å². The second kappa shape index (κ2) is 5.89. The second-order valence-electron chi connectivity index (χ2n) is 4.32. The first-order valence-corrected chi connectivity index (χ1v) is 6.10. The minimum atomic E-state index is -0.217. The molecule has 0 aliphatic carbocycles. The molecule has 0 fully saturated rings. The molecule has 0 aliphatic rings. The van der Waals surface area contributed by atoms with Crippen molar-refractivity contribution in [3.63, 3.8) is 0 Å². The van der Waals surface area contributed by atoms with Crippen molar-refractivity contribution in [1.82, 2.24) is 0 Å². The van der Waals surface area contributed by atoms with Crippen molar-refractivity contribution in [2.45, 2.75) is 6.92 Å². The van der Waals surface area contributed by atoms with Crippen LogP contribution >= 0.6 is 0 Å². The number of anilines is 1. The number of hydrogen-bond acceptors (Lipinski definition) is 3. The van der Waals surface area contributed by atoms with E-state index in [2.05, 4.69) is 11.4 Å². The molecular formula is C16H14N2O2. The monoisotopic (exact) mass is 266 g/mol. The fourth-order valence-corrected chi connectivity index (χ4v) is 1.76. The van der Waals surface area contributed by atoms with Crippen molar-refractivity contribution in [2.75, 3.05) is 12.4 Å². The highest BCUT2D eigenvalue weighted by molar-refractivity contribution is 6.04. The van der Waals surface area contributed by atoms with Gasteiger partial charge in [-0.1, -0.05) is 6.07 Å². The number of carbonyl (C=O) groups is 1. The normalized spacial score (nSPS) is 9.65. The highest BCUT2D eigenvalue weighted by atomic mass is 16.5. The standard InChI is InChI=1S/C16H14N2O2/c1-11-3-4-12(10-17)9-15(11)18-16(19)13-5-7-14(20-2)8-6-13/h3-9H,1-2H3,(H,18,19). The van der Waals surface area contributed by atoms with Crippen LogP contribution in [0.4, 0.5) is 5.69 Å². The first-order chi connectivity index (χ1) is 9.63. The van der Waals surface area contributed by atoms with E-state index in [0.717, 1.165) is 5.56 Å². The molecule has 0 saturated carbocycles. The molecule has 0 aromatic heterocycles. The van der Waals surface area contributed by atoms with Gasteiger partial charge in [-0.15, -0.1) is 0 Å². The lowest BCUT2D eigenvalue weighted by atomic mass is 10.1. The zero-order valence-corrected chi connectivity index (χ0v) is 11.3. The molecule has 0 radical (unpaired) electrons. The Labute approximate surface area is 117 Å². The Balaban J connectivity index is 2.20. The summed E-state index contributed by atoms with van der Waals surface area (Å²) in [7, 11) is 1.58. The van der Waals surface area contributed by atoms with Crippen LogP contribution in [0.5, 0.6) is 5.75 Å².